The number of rotatable bonds is 10. The van der Waals surface area contributed by atoms with Crippen molar-refractivity contribution < 1.29 is 19.2 Å². The predicted octanol–water partition coefficient (Wildman–Crippen LogP) is 4.22. The fourth-order valence-electron chi connectivity index (χ4n) is 3.13. The van der Waals surface area contributed by atoms with Crippen molar-refractivity contribution in [3.63, 3.8) is 0 Å². The van der Waals surface area contributed by atoms with Crippen LogP contribution < -0.4 is 5.32 Å². The van der Waals surface area contributed by atoms with Crippen LogP contribution in [0, 0.1) is 16.0 Å². The van der Waals surface area contributed by atoms with Crippen LogP contribution in [0.1, 0.15) is 58.3 Å². The van der Waals surface area contributed by atoms with Crippen molar-refractivity contribution in [3.05, 3.63) is 34.4 Å². The summed E-state index contributed by atoms with van der Waals surface area (Å²) in [5.41, 5.74) is 0.477. The van der Waals surface area contributed by atoms with E-state index in [1.807, 2.05) is 0 Å². The molecule has 1 heterocycles. The summed E-state index contributed by atoms with van der Waals surface area (Å²) in [4.78, 5) is 34.1. The molecular formula is C19H26N2O5. The van der Waals surface area contributed by atoms with Crippen LogP contribution in [0.4, 0.5) is 11.4 Å². The Kier molecular flexibility index (Phi) is 7.56. The molecule has 0 aromatic heterocycles. The topological polar surface area (TPSA) is 98.5 Å². The van der Waals surface area contributed by atoms with Crippen LogP contribution in [0.25, 0.3) is 0 Å². The van der Waals surface area contributed by atoms with Crippen molar-refractivity contribution in [2.75, 3.05) is 5.32 Å². The molecule has 1 aliphatic heterocycles. The van der Waals surface area contributed by atoms with Crippen molar-refractivity contribution in [1.82, 2.24) is 0 Å². The Hall–Kier alpha value is -2.44. The van der Waals surface area contributed by atoms with Gasteiger partial charge in [0.1, 0.15) is 6.10 Å². The quantitative estimate of drug-likeness (QED) is 0.291. The van der Waals surface area contributed by atoms with Gasteiger partial charge in [-0.1, -0.05) is 26.2 Å². The van der Waals surface area contributed by atoms with Crippen molar-refractivity contribution in [2.45, 2.75) is 64.4 Å². The smallest absolute Gasteiger partial charge is 0.309 e. The van der Waals surface area contributed by atoms with Gasteiger partial charge >= 0.3 is 5.97 Å². The average Bonchev–Trinajstić information content (AvgIpc) is 2.97. The lowest BCUT2D eigenvalue weighted by atomic mass is 9.96. The molecule has 1 fully saturated rings. The van der Waals surface area contributed by atoms with Gasteiger partial charge in [-0.25, -0.2) is 0 Å². The summed E-state index contributed by atoms with van der Waals surface area (Å²) in [6.45, 7) is 2.16. The number of benzene rings is 1. The van der Waals surface area contributed by atoms with E-state index in [2.05, 4.69) is 12.2 Å². The third kappa shape index (κ3) is 6.13. The molecule has 26 heavy (non-hydrogen) atoms. The van der Waals surface area contributed by atoms with E-state index in [9.17, 15) is 19.7 Å². The fourth-order valence-corrected chi connectivity index (χ4v) is 3.13. The van der Waals surface area contributed by atoms with Gasteiger partial charge in [0.05, 0.1) is 10.8 Å². The monoisotopic (exact) mass is 362 g/mol. The first-order valence-corrected chi connectivity index (χ1v) is 9.24. The third-order valence-electron chi connectivity index (χ3n) is 4.62. The number of unbranched alkanes of at least 4 members (excludes halogenated alkanes) is 3. The van der Waals surface area contributed by atoms with Crippen LogP contribution in [0.2, 0.25) is 0 Å². The molecule has 7 heteroatoms. The molecule has 1 amide bonds. The second-order valence-electron chi connectivity index (χ2n) is 6.73. The lowest BCUT2D eigenvalue weighted by molar-refractivity contribution is -0.384. The van der Waals surface area contributed by atoms with E-state index < -0.39 is 4.92 Å². The van der Waals surface area contributed by atoms with Gasteiger partial charge in [-0.2, -0.15) is 0 Å². The van der Waals surface area contributed by atoms with Crippen molar-refractivity contribution in [1.29, 1.82) is 0 Å². The lowest BCUT2D eigenvalue weighted by Gasteiger charge is -2.08. The second-order valence-corrected chi connectivity index (χ2v) is 6.73. The second kappa shape index (κ2) is 9.89. The molecule has 142 valence electrons. The van der Waals surface area contributed by atoms with Gasteiger partial charge in [0, 0.05) is 24.2 Å². The van der Waals surface area contributed by atoms with Gasteiger partial charge in [-0.05, 0) is 37.8 Å². The number of cyclic esters (lactones) is 1. The molecule has 2 atom stereocenters. The van der Waals surface area contributed by atoms with Gasteiger partial charge < -0.3 is 10.1 Å². The molecule has 1 aromatic rings. The first kappa shape index (κ1) is 19.9. The Bertz CT molecular complexity index is 629. The number of nitro benzene ring substituents is 1. The van der Waals surface area contributed by atoms with Crippen molar-refractivity contribution in [2.24, 2.45) is 5.92 Å². The molecule has 0 radical (unpaired) electrons. The van der Waals surface area contributed by atoms with Crippen LogP contribution in [0.15, 0.2) is 24.3 Å². The Labute approximate surface area is 153 Å². The van der Waals surface area contributed by atoms with Gasteiger partial charge in [0.2, 0.25) is 5.91 Å². The number of nitrogens with one attached hydrogen (secondary N) is 1. The molecule has 1 saturated heterocycles. The summed E-state index contributed by atoms with van der Waals surface area (Å²) < 4.78 is 5.41. The van der Waals surface area contributed by atoms with Gasteiger partial charge in [-0.3, -0.25) is 19.7 Å². The molecule has 0 saturated carbocycles. The highest BCUT2D eigenvalue weighted by atomic mass is 16.6. The molecule has 1 N–H and O–H groups in total. The number of ether oxygens (including phenoxy) is 1. The summed E-state index contributed by atoms with van der Waals surface area (Å²) in [6, 6.07) is 5.67. The maximum atomic E-state index is 12.0. The van der Waals surface area contributed by atoms with Gasteiger partial charge in [0.15, 0.2) is 0 Å². The highest BCUT2D eigenvalue weighted by Gasteiger charge is 2.33. The van der Waals surface area contributed by atoms with Crippen LogP contribution in [-0.2, 0) is 14.3 Å². The molecule has 0 aliphatic carbocycles. The number of nitro groups is 1. The average molecular weight is 362 g/mol. The van der Waals surface area contributed by atoms with E-state index in [0.717, 1.165) is 19.3 Å². The lowest BCUT2D eigenvalue weighted by Crippen LogP contribution is -2.15. The van der Waals surface area contributed by atoms with E-state index >= 15 is 0 Å². The van der Waals surface area contributed by atoms with Gasteiger partial charge in [-0.15, -0.1) is 0 Å². The molecule has 2 rings (SSSR count). The number of hydrogen-bond acceptors (Lipinski definition) is 5. The maximum Gasteiger partial charge on any atom is 0.309 e. The van der Waals surface area contributed by atoms with E-state index in [0.29, 0.717) is 18.5 Å². The number of non-ortho nitro benzene ring substituents is 1. The zero-order chi connectivity index (χ0) is 18.9. The van der Waals surface area contributed by atoms with Crippen LogP contribution >= 0.6 is 0 Å². The summed E-state index contributed by atoms with van der Waals surface area (Å²) in [5, 5.41) is 13.3. The third-order valence-corrected chi connectivity index (χ3v) is 4.62. The highest BCUT2D eigenvalue weighted by Crippen LogP contribution is 2.28. The summed E-state index contributed by atoms with van der Waals surface area (Å²) in [5.74, 6) is -0.625. The Morgan fingerprint density at radius 2 is 1.96 bits per heavy atom. The summed E-state index contributed by atoms with van der Waals surface area (Å²) >= 11 is 0. The van der Waals surface area contributed by atoms with E-state index in [4.69, 9.17) is 4.74 Å². The Morgan fingerprint density at radius 3 is 2.62 bits per heavy atom. The van der Waals surface area contributed by atoms with E-state index in [-0.39, 0.29) is 36.0 Å². The Balaban J connectivity index is 1.71. The SMILES string of the molecule is CCCCCC[C@H]1C[C@@H](CCC(=O)Nc2ccc([N+](=O)[O-])cc2)C(=O)O1. The maximum absolute atomic E-state index is 12.0. The fraction of sp³-hybridized carbons (Fsp3) is 0.579. The molecule has 0 spiro atoms. The van der Waals surface area contributed by atoms with Crippen molar-refractivity contribution in [3.8, 4) is 0 Å². The first-order valence-electron chi connectivity index (χ1n) is 9.24. The summed E-state index contributed by atoms with van der Waals surface area (Å²) in [6.07, 6.45) is 6.87. The summed E-state index contributed by atoms with van der Waals surface area (Å²) in [7, 11) is 0. The minimum atomic E-state index is -0.490. The number of hydrogen-bond donors (Lipinski definition) is 1. The number of amides is 1. The minimum Gasteiger partial charge on any atom is -0.462 e. The number of carbonyl (C=O) groups excluding carboxylic acids is 2. The zero-order valence-electron chi connectivity index (χ0n) is 15.1. The van der Waals surface area contributed by atoms with Gasteiger partial charge in [0.25, 0.3) is 5.69 Å². The molecule has 0 unspecified atom stereocenters. The van der Waals surface area contributed by atoms with E-state index in [1.165, 1.54) is 37.1 Å². The molecule has 1 aliphatic rings. The molecule has 0 bridgehead atoms. The zero-order valence-corrected chi connectivity index (χ0v) is 15.1. The molecular weight excluding hydrogens is 336 g/mol. The highest BCUT2D eigenvalue weighted by molar-refractivity contribution is 5.91. The standard InChI is InChI=1S/C19H26N2O5/c1-2-3-4-5-6-17-13-14(19(23)26-17)7-12-18(22)20-15-8-10-16(11-9-15)21(24)25/h8-11,14,17H,2-7,12-13H2,1H3,(H,20,22)/t14-,17+/m1/s1. The normalized spacial score (nSPS) is 19.2. The van der Waals surface area contributed by atoms with Crippen molar-refractivity contribution >= 4 is 23.3 Å². The predicted molar refractivity (Wildman–Crippen MR) is 97.7 cm³/mol. The Morgan fingerprint density at radius 1 is 1.23 bits per heavy atom. The number of anilines is 1. The largest absolute Gasteiger partial charge is 0.462 e. The molecule has 7 nitrogen and oxygen atoms in total. The van der Waals surface area contributed by atoms with Crippen LogP contribution in [-0.4, -0.2) is 22.9 Å². The van der Waals surface area contributed by atoms with Crippen LogP contribution in [0.3, 0.4) is 0 Å². The number of carbonyl (C=O) groups is 2. The van der Waals surface area contributed by atoms with E-state index in [1.54, 1.807) is 0 Å². The van der Waals surface area contributed by atoms with Crippen LogP contribution in [0.5, 0.6) is 0 Å². The first-order chi connectivity index (χ1) is 12.5. The minimum absolute atomic E-state index is 0.0120. The number of esters is 1. The molecule has 1 aromatic carbocycles. The number of nitrogens with zero attached hydrogens (tertiary/aromatic N) is 1.